The third-order valence-corrected chi connectivity index (χ3v) is 4.60. The van der Waals surface area contributed by atoms with E-state index in [0.717, 1.165) is 34.0 Å². The monoisotopic (exact) mass is 285 g/mol. The van der Waals surface area contributed by atoms with Crippen LogP contribution in [0.3, 0.4) is 0 Å². The first kappa shape index (κ1) is 13.4. The van der Waals surface area contributed by atoms with Crippen LogP contribution in [0.1, 0.15) is 25.5 Å². The van der Waals surface area contributed by atoms with Crippen molar-refractivity contribution in [3.63, 3.8) is 0 Å². The zero-order valence-corrected chi connectivity index (χ0v) is 12.7. The average molecular weight is 285 g/mol. The molecule has 1 atom stereocenters. The molecule has 0 saturated heterocycles. The second kappa shape index (κ2) is 5.83. The number of aryl methyl sites for hydroxylation is 1. The van der Waals surface area contributed by atoms with Gasteiger partial charge in [-0.3, -0.25) is 9.98 Å². The molecule has 1 aliphatic rings. The first-order valence-corrected chi connectivity index (χ1v) is 7.98. The van der Waals surface area contributed by atoms with Gasteiger partial charge >= 0.3 is 0 Å². The van der Waals surface area contributed by atoms with Gasteiger partial charge in [0.05, 0.1) is 17.7 Å². The van der Waals surface area contributed by atoms with E-state index in [-0.39, 0.29) is 0 Å². The number of nitrogens with zero attached hydrogens (tertiary/aromatic N) is 2. The van der Waals surface area contributed by atoms with Gasteiger partial charge in [0.2, 0.25) is 0 Å². The van der Waals surface area contributed by atoms with Crippen molar-refractivity contribution in [1.29, 1.82) is 0 Å². The number of hydrogen-bond acceptors (Lipinski definition) is 4. The Bertz CT molecular complexity index is 651. The molecule has 1 N–H and O–H groups in total. The third kappa shape index (κ3) is 2.80. The Morgan fingerprint density at radius 1 is 1.30 bits per heavy atom. The van der Waals surface area contributed by atoms with E-state index in [0.29, 0.717) is 5.25 Å². The van der Waals surface area contributed by atoms with Gasteiger partial charge in [0, 0.05) is 16.3 Å². The minimum Gasteiger partial charge on any atom is -0.333 e. The lowest BCUT2D eigenvalue weighted by molar-refractivity contribution is 0.754. The molecule has 4 heteroatoms. The number of aliphatic imine (C=N–C) groups is 1. The molecule has 0 amide bonds. The lowest BCUT2D eigenvalue weighted by atomic mass is 10.2. The highest BCUT2D eigenvalue weighted by atomic mass is 32.2. The molecule has 0 saturated carbocycles. The Morgan fingerprint density at radius 3 is 3.05 bits per heavy atom. The summed E-state index contributed by atoms with van der Waals surface area (Å²) in [6, 6.07) is 10.4. The van der Waals surface area contributed by atoms with E-state index >= 15 is 0 Å². The Labute approximate surface area is 123 Å². The molecule has 0 bridgehead atoms. The van der Waals surface area contributed by atoms with Crippen LogP contribution in [0.25, 0.3) is 10.9 Å². The Balaban J connectivity index is 1.83. The quantitative estimate of drug-likeness (QED) is 0.917. The third-order valence-electron chi connectivity index (χ3n) is 3.43. The van der Waals surface area contributed by atoms with Crippen LogP contribution in [0.5, 0.6) is 0 Å². The topological polar surface area (TPSA) is 37.3 Å². The summed E-state index contributed by atoms with van der Waals surface area (Å²) in [6.07, 6.45) is 2.45. The molecule has 1 aromatic carbocycles. The minimum absolute atomic E-state index is 0.632. The first-order chi connectivity index (χ1) is 9.76. The molecule has 0 spiro atoms. The van der Waals surface area contributed by atoms with Gasteiger partial charge in [-0.2, -0.15) is 0 Å². The minimum atomic E-state index is 0.632. The molecule has 20 heavy (non-hydrogen) atoms. The molecule has 1 aromatic heterocycles. The SMILES string of the molecule is CCCC1CN=C(Nc2cccc3ccc(C)nc23)S1. The summed E-state index contributed by atoms with van der Waals surface area (Å²) in [5.74, 6) is 0. The number of pyridine rings is 1. The van der Waals surface area contributed by atoms with Crippen molar-refractivity contribution < 1.29 is 0 Å². The Morgan fingerprint density at radius 2 is 2.20 bits per heavy atom. The number of benzene rings is 1. The Hall–Kier alpha value is -1.55. The van der Waals surface area contributed by atoms with Crippen LogP contribution in [0, 0.1) is 6.92 Å². The molecule has 2 heterocycles. The van der Waals surface area contributed by atoms with Crippen LogP contribution in [0.15, 0.2) is 35.3 Å². The molecular formula is C16H19N3S. The fraction of sp³-hybridized carbons (Fsp3) is 0.375. The molecule has 104 valence electrons. The predicted octanol–water partition coefficient (Wildman–Crippen LogP) is 4.23. The lowest BCUT2D eigenvalue weighted by Crippen LogP contribution is -2.08. The van der Waals surface area contributed by atoms with Gasteiger partial charge in [-0.15, -0.1) is 0 Å². The van der Waals surface area contributed by atoms with Gasteiger partial charge in [0.1, 0.15) is 0 Å². The summed E-state index contributed by atoms with van der Waals surface area (Å²) < 4.78 is 0. The zero-order valence-electron chi connectivity index (χ0n) is 11.9. The number of thioether (sulfide) groups is 1. The van der Waals surface area contributed by atoms with Gasteiger partial charge in [0.15, 0.2) is 5.17 Å². The van der Waals surface area contributed by atoms with Crippen molar-refractivity contribution in [3.8, 4) is 0 Å². The van der Waals surface area contributed by atoms with Crippen molar-refractivity contribution in [1.82, 2.24) is 4.98 Å². The highest BCUT2D eigenvalue weighted by Gasteiger charge is 2.19. The maximum Gasteiger partial charge on any atom is 0.161 e. The fourth-order valence-corrected chi connectivity index (χ4v) is 3.56. The van der Waals surface area contributed by atoms with Crippen molar-refractivity contribution in [3.05, 3.63) is 36.0 Å². The maximum atomic E-state index is 4.65. The van der Waals surface area contributed by atoms with E-state index < -0.39 is 0 Å². The van der Waals surface area contributed by atoms with Crippen molar-refractivity contribution >= 4 is 33.5 Å². The first-order valence-electron chi connectivity index (χ1n) is 7.11. The second-order valence-electron chi connectivity index (χ2n) is 5.13. The maximum absolute atomic E-state index is 4.65. The van der Waals surface area contributed by atoms with E-state index in [1.54, 1.807) is 0 Å². The molecule has 0 radical (unpaired) electrons. The number of fused-ring (bicyclic) bond motifs is 1. The van der Waals surface area contributed by atoms with Crippen molar-refractivity contribution in [2.75, 3.05) is 11.9 Å². The molecular weight excluding hydrogens is 266 g/mol. The van der Waals surface area contributed by atoms with E-state index in [2.05, 4.69) is 46.5 Å². The van der Waals surface area contributed by atoms with Crippen LogP contribution in [-0.4, -0.2) is 21.9 Å². The van der Waals surface area contributed by atoms with Crippen LogP contribution in [0.4, 0.5) is 5.69 Å². The largest absolute Gasteiger partial charge is 0.333 e. The zero-order chi connectivity index (χ0) is 13.9. The van der Waals surface area contributed by atoms with E-state index in [1.165, 1.54) is 12.8 Å². The number of hydrogen-bond donors (Lipinski definition) is 1. The summed E-state index contributed by atoms with van der Waals surface area (Å²) in [5.41, 5.74) is 3.11. The van der Waals surface area contributed by atoms with Crippen LogP contribution in [0.2, 0.25) is 0 Å². The number of amidine groups is 1. The fourth-order valence-electron chi connectivity index (χ4n) is 2.42. The second-order valence-corrected chi connectivity index (χ2v) is 6.42. The van der Waals surface area contributed by atoms with Crippen LogP contribution < -0.4 is 5.32 Å². The molecule has 1 unspecified atom stereocenters. The van der Waals surface area contributed by atoms with Gasteiger partial charge in [0.25, 0.3) is 0 Å². The molecule has 1 aliphatic heterocycles. The summed E-state index contributed by atoms with van der Waals surface area (Å²) in [5, 5.41) is 6.27. The lowest BCUT2D eigenvalue weighted by Gasteiger charge is -2.10. The van der Waals surface area contributed by atoms with Gasteiger partial charge in [-0.05, 0) is 25.5 Å². The van der Waals surface area contributed by atoms with Crippen LogP contribution in [-0.2, 0) is 0 Å². The number of aromatic nitrogens is 1. The van der Waals surface area contributed by atoms with E-state index in [9.17, 15) is 0 Å². The molecule has 0 aliphatic carbocycles. The smallest absolute Gasteiger partial charge is 0.161 e. The van der Waals surface area contributed by atoms with Gasteiger partial charge in [-0.25, -0.2) is 0 Å². The summed E-state index contributed by atoms with van der Waals surface area (Å²) in [7, 11) is 0. The standard InChI is InChI=1S/C16H19N3S/c1-3-5-13-10-17-16(20-13)19-14-7-4-6-12-9-8-11(2)18-15(12)14/h4,6-9,13H,3,5,10H2,1-2H3,(H,17,19). The predicted molar refractivity (Wildman–Crippen MR) is 88.7 cm³/mol. The molecule has 3 nitrogen and oxygen atoms in total. The average Bonchev–Trinajstić information content (AvgIpc) is 2.87. The van der Waals surface area contributed by atoms with E-state index in [1.807, 2.05) is 24.8 Å². The highest BCUT2D eigenvalue weighted by molar-refractivity contribution is 8.15. The molecule has 2 aromatic rings. The number of para-hydroxylation sites is 1. The summed E-state index contributed by atoms with van der Waals surface area (Å²) in [6.45, 7) is 5.18. The van der Waals surface area contributed by atoms with Gasteiger partial charge < -0.3 is 5.32 Å². The normalized spacial score (nSPS) is 18.3. The van der Waals surface area contributed by atoms with Gasteiger partial charge in [-0.1, -0.05) is 43.3 Å². The Kier molecular flexibility index (Phi) is 3.92. The highest BCUT2D eigenvalue weighted by Crippen LogP contribution is 2.28. The van der Waals surface area contributed by atoms with E-state index in [4.69, 9.17) is 0 Å². The summed E-state index contributed by atoms with van der Waals surface area (Å²) in [4.78, 5) is 9.25. The molecule has 3 rings (SSSR count). The number of nitrogens with one attached hydrogen (secondary N) is 1. The van der Waals surface area contributed by atoms with Crippen molar-refractivity contribution in [2.24, 2.45) is 4.99 Å². The number of anilines is 1. The molecule has 0 fully saturated rings. The van der Waals surface area contributed by atoms with Crippen molar-refractivity contribution in [2.45, 2.75) is 31.9 Å². The van der Waals surface area contributed by atoms with Crippen LogP contribution >= 0.6 is 11.8 Å². The summed E-state index contributed by atoms with van der Waals surface area (Å²) >= 11 is 1.85. The number of rotatable bonds is 3.